The third kappa shape index (κ3) is 2.88. The molecule has 0 aromatic heterocycles. The summed E-state index contributed by atoms with van der Waals surface area (Å²) in [6.45, 7) is 4.34. The van der Waals surface area contributed by atoms with Gasteiger partial charge in [0.05, 0.1) is 4.47 Å². The van der Waals surface area contributed by atoms with Gasteiger partial charge in [-0.15, -0.1) is 0 Å². The predicted octanol–water partition coefficient (Wildman–Crippen LogP) is 4.98. The van der Waals surface area contributed by atoms with Crippen molar-refractivity contribution in [1.29, 1.82) is 0 Å². The summed E-state index contributed by atoms with van der Waals surface area (Å²) in [6, 6.07) is 2.38. The number of hydrogen-bond acceptors (Lipinski definition) is 1. The van der Waals surface area contributed by atoms with Crippen molar-refractivity contribution >= 4 is 21.7 Å². The van der Waals surface area contributed by atoms with Crippen molar-refractivity contribution in [2.75, 3.05) is 0 Å². The molecule has 3 unspecified atom stereocenters. The van der Waals surface area contributed by atoms with Crippen molar-refractivity contribution in [3.05, 3.63) is 33.8 Å². The Morgan fingerprint density at radius 2 is 1.89 bits per heavy atom. The normalized spacial score (nSPS) is 27.3. The lowest BCUT2D eigenvalue weighted by Gasteiger charge is -2.31. The average molecular weight is 331 g/mol. The quantitative estimate of drug-likeness (QED) is 0.552. The molecule has 1 aromatic carbocycles. The third-order valence-electron chi connectivity index (χ3n) is 4.27. The molecule has 1 aliphatic rings. The molecular weight excluding hydrogens is 314 g/mol. The third-order valence-corrected chi connectivity index (χ3v) is 5.04. The van der Waals surface area contributed by atoms with E-state index in [0.717, 1.165) is 25.3 Å². The largest absolute Gasteiger partial charge is 0.294 e. The van der Waals surface area contributed by atoms with Gasteiger partial charge in [-0.3, -0.25) is 4.79 Å². The minimum absolute atomic E-state index is 0.0521. The zero-order valence-corrected chi connectivity index (χ0v) is 12.6. The second-order valence-corrected chi connectivity index (χ2v) is 6.34. The number of hydrogen-bond donors (Lipinski definition) is 0. The molecule has 0 bridgehead atoms. The van der Waals surface area contributed by atoms with Crippen LogP contribution >= 0.6 is 15.9 Å². The maximum atomic E-state index is 13.5. The van der Waals surface area contributed by atoms with E-state index < -0.39 is 11.6 Å². The van der Waals surface area contributed by atoms with Crippen LogP contribution in [0.25, 0.3) is 0 Å². The average Bonchev–Trinajstić information content (AvgIpc) is 2.39. The Morgan fingerprint density at radius 3 is 2.53 bits per heavy atom. The van der Waals surface area contributed by atoms with Gasteiger partial charge in [0, 0.05) is 11.5 Å². The number of Topliss-reactive ketones (excluding diaryl/α,β-unsaturated/α-hetero) is 1. The lowest BCUT2D eigenvalue weighted by molar-refractivity contribution is 0.0836. The number of rotatable bonds is 2. The Bertz CT molecular complexity index is 501. The zero-order valence-electron chi connectivity index (χ0n) is 11.1. The van der Waals surface area contributed by atoms with Crippen molar-refractivity contribution in [2.45, 2.75) is 33.1 Å². The Labute approximate surface area is 120 Å². The zero-order chi connectivity index (χ0) is 14.2. The van der Waals surface area contributed by atoms with Gasteiger partial charge in [0.25, 0.3) is 0 Å². The molecule has 3 atom stereocenters. The molecule has 0 N–H and O–H groups in total. The molecule has 2 rings (SSSR count). The molecule has 19 heavy (non-hydrogen) atoms. The number of ketones is 1. The van der Waals surface area contributed by atoms with E-state index in [4.69, 9.17) is 0 Å². The Hall–Kier alpha value is -0.770. The van der Waals surface area contributed by atoms with Gasteiger partial charge in [-0.1, -0.05) is 13.8 Å². The highest BCUT2D eigenvalue weighted by molar-refractivity contribution is 9.10. The van der Waals surface area contributed by atoms with Gasteiger partial charge in [0.15, 0.2) is 17.4 Å². The molecule has 0 aliphatic heterocycles. The van der Waals surface area contributed by atoms with E-state index in [0.29, 0.717) is 11.8 Å². The summed E-state index contributed by atoms with van der Waals surface area (Å²) in [5.41, 5.74) is 0.255. The summed E-state index contributed by atoms with van der Waals surface area (Å²) in [5.74, 6) is -0.960. The van der Waals surface area contributed by atoms with Crippen molar-refractivity contribution in [1.82, 2.24) is 0 Å². The minimum atomic E-state index is -0.983. The van der Waals surface area contributed by atoms with Crippen LogP contribution in [0, 0.1) is 29.4 Å². The second-order valence-electron chi connectivity index (χ2n) is 5.55. The molecule has 0 spiro atoms. The molecule has 1 fully saturated rings. The highest BCUT2D eigenvalue weighted by Gasteiger charge is 2.31. The summed E-state index contributed by atoms with van der Waals surface area (Å²) in [6.07, 6.45) is 2.67. The van der Waals surface area contributed by atoms with E-state index in [2.05, 4.69) is 29.8 Å². The summed E-state index contributed by atoms with van der Waals surface area (Å²) < 4.78 is 26.5. The molecule has 1 nitrogen and oxygen atoms in total. The van der Waals surface area contributed by atoms with Crippen LogP contribution in [0.1, 0.15) is 43.5 Å². The standard InChI is InChI=1S/C15H17BrF2O/c1-8-3-4-10(7-9(8)2)15(19)11-5-6-12(17)14(18)13(11)16/h5-6,8-10H,3-4,7H2,1-2H3. The van der Waals surface area contributed by atoms with Gasteiger partial charge in [-0.2, -0.15) is 0 Å². The first kappa shape index (κ1) is 14.6. The van der Waals surface area contributed by atoms with E-state index in [-0.39, 0.29) is 21.7 Å². The van der Waals surface area contributed by atoms with Crippen LogP contribution in [-0.4, -0.2) is 5.78 Å². The summed E-state index contributed by atoms with van der Waals surface area (Å²) >= 11 is 2.99. The van der Waals surface area contributed by atoms with Gasteiger partial charge in [-0.25, -0.2) is 8.78 Å². The van der Waals surface area contributed by atoms with Crippen LogP contribution in [0.5, 0.6) is 0 Å². The van der Waals surface area contributed by atoms with E-state index in [1.54, 1.807) is 0 Å². The number of halogens is 3. The predicted molar refractivity (Wildman–Crippen MR) is 74.1 cm³/mol. The first-order valence-corrected chi connectivity index (χ1v) is 7.38. The van der Waals surface area contributed by atoms with Crippen molar-refractivity contribution in [3.63, 3.8) is 0 Å². The molecule has 104 valence electrons. The lowest BCUT2D eigenvalue weighted by Crippen LogP contribution is -2.26. The highest BCUT2D eigenvalue weighted by atomic mass is 79.9. The first-order chi connectivity index (χ1) is 8.91. The van der Waals surface area contributed by atoms with E-state index in [1.165, 1.54) is 6.07 Å². The van der Waals surface area contributed by atoms with Crippen LogP contribution in [0.4, 0.5) is 8.78 Å². The molecule has 0 amide bonds. The molecule has 0 saturated heterocycles. The van der Waals surface area contributed by atoms with Gasteiger partial charge < -0.3 is 0 Å². The number of carbonyl (C=O) groups excluding carboxylic acids is 1. The topological polar surface area (TPSA) is 17.1 Å². The van der Waals surface area contributed by atoms with Crippen molar-refractivity contribution < 1.29 is 13.6 Å². The Kier molecular flexibility index (Phi) is 4.39. The van der Waals surface area contributed by atoms with Crippen LogP contribution < -0.4 is 0 Å². The minimum Gasteiger partial charge on any atom is -0.294 e. The molecule has 4 heteroatoms. The molecule has 1 aliphatic carbocycles. The molecule has 1 aromatic rings. The molecular formula is C15H17BrF2O. The highest BCUT2D eigenvalue weighted by Crippen LogP contribution is 2.36. The van der Waals surface area contributed by atoms with Gasteiger partial charge in [-0.05, 0) is 59.2 Å². The van der Waals surface area contributed by atoms with Gasteiger partial charge in [0.1, 0.15) is 0 Å². The molecule has 0 radical (unpaired) electrons. The van der Waals surface area contributed by atoms with E-state index >= 15 is 0 Å². The van der Waals surface area contributed by atoms with E-state index in [9.17, 15) is 13.6 Å². The Balaban J connectivity index is 2.23. The van der Waals surface area contributed by atoms with E-state index in [1.807, 2.05) is 0 Å². The van der Waals surface area contributed by atoms with Crippen molar-refractivity contribution in [2.24, 2.45) is 17.8 Å². The summed E-state index contributed by atoms with van der Waals surface area (Å²) in [4.78, 5) is 12.4. The maximum Gasteiger partial charge on any atom is 0.173 e. The van der Waals surface area contributed by atoms with Crippen LogP contribution in [0.3, 0.4) is 0 Å². The smallest absolute Gasteiger partial charge is 0.173 e. The van der Waals surface area contributed by atoms with Gasteiger partial charge >= 0.3 is 0 Å². The van der Waals surface area contributed by atoms with Gasteiger partial charge in [0.2, 0.25) is 0 Å². The van der Waals surface area contributed by atoms with Crippen molar-refractivity contribution in [3.8, 4) is 0 Å². The maximum absolute atomic E-state index is 13.5. The SMILES string of the molecule is CC1CCC(C(=O)c2ccc(F)c(F)c2Br)CC1C. The number of carbonyl (C=O) groups is 1. The fourth-order valence-corrected chi connectivity index (χ4v) is 3.24. The fourth-order valence-electron chi connectivity index (χ4n) is 2.72. The summed E-state index contributed by atoms with van der Waals surface area (Å²) in [5, 5.41) is 0. The number of benzene rings is 1. The lowest BCUT2D eigenvalue weighted by atomic mass is 9.73. The molecule has 1 saturated carbocycles. The second kappa shape index (κ2) is 5.70. The Morgan fingerprint density at radius 1 is 1.21 bits per heavy atom. The van der Waals surface area contributed by atoms with Crippen LogP contribution in [-0.2, 0) is 0 Å². The monoisotopic (exact) mass is 330 g/mol. The molecule has 0 heterocycles. The van der Waals surface area contributed by atoms with Crippen LogP contribution in [0.2, 0.25) is 0 Å². The summed E-state index contributed by atoms with van der Waals surface area (Å²) in [7, 11) is 0. The fraction of sp³-hybridized carbons (Fsp3) is 0.533. The first-order valence-electron chi connectivity index (χ1n) is 6.59. The van der Waals surface area contributed by atoms with Crippen LogP contribution in [0.15, 0.2) is 16.6 Å².